The van der Waals surface area contributed by atoms with E-state index >= 15 is 0 Å². The second-order valence-corrected chi connectivity index (χ2v) is 4.41. The monoisotopic (exact) mass is 228 g/mol. The van der Waals surface area contributed by atoms with Crippen LogP contribution in [0.5, 0.6) is 0 Å². The van der Waals surface area contributed by atoms with Crippen LogP contribution < -0.4 is 5.32 Å². The Morgan fingerprint density at radius 2 is 1.94 bits per heavy atom. The van der Waals surface area contributed by atoms with Crippen molar-refractivity contribution in [2.75, 3.05) is 19.6 Å². The molecule has 0 aromatic heterocycles. The summed E-state index contributed by atoms with van der Waals surface area (Å²) in [5.74, 6) is 0.128. The quantitative estimate of drug-likeness (QED) is 0.730. The number of hydrogen-bond acceptors (Lipinski definition) is 3. The van der Waals surface area contributed by atoms with E-state index in [4.69, 9.17) is 0 Å². The molecule has 1 saturated carbocycles. The molecule has 94 valence electrons. The summed E-state index contributed by atoms with van der Waals surface area (Å²) in [6, 6.07) is 0.105. The lowest BCUT2D eigenvalue weighted by molar-refractivity contribution is -0.130. The van der Waals surface area contributed by atoms with Crippen LogP contribution in [0.4, 0.5) is 0 Å². The van der Waals surface area contributed by atoms with E-state index < -0.39 is 0 Å². The first kappa shape index (κ1) is 13.5. The summed E-state index contributed by atoms with van der Waals surface area (Å²) in [5, 5.41) is 12.9. The van der Waals surface area contributed by atoms with Gasteiger partial charge >= 0.3 is 0 Å². The highest BCUT2D eigenvalue weighted by Crippen LogP contribution is 2.18. The van der Waals surface area contributed by atoms with E-state index in [2.05, 4.69) is 5.32 Å². The molecule has 0 aliphatic heterocycles. The molecule has 2 unspecified atom stereocenters. The fourth-order valence-corrected chi connectivity index (χ4v) is 2.26. The van der Waals surface area contributed by atoms with Gasteiger partial charge in [-0.15, -0.1) is 0 Å². The SMILES string of the molecule is CCN(CC)C(=O)CNC1CCCCC1O. The summed E-state index contributed by atoms with van der Waals surface area (Å²) < 4.78 is 0. The summed E-state index contributed by atoms with van der Waals surface area (Å²) in [5.41, 5.74) is 0. The minimum absolute atomic E-state index is 0.105. The minimum atomic E-state index is -0.279. The van der Waals surface area contributed by atoms with E-state index in [9.17, 15) is 9.90 Å². The van der Waals surface area contributed by atoms with Gasteiger partial charge in [-0.05, 0) is 26.7 Å². The molecule has 1 fully saturated rings. The highest BCUT2D eigenvalue weighted by molar-refractivity contribution is 5.78. The first-order valence-electron chi connectivity index (χ1n) is 6.38. The van der Waals surface area contributed by atoms with Crippen LogP contribution in [0.3, 0.4) is 0 Å². The highest BCUT2D eigenvalue weighted by atomic mass is 16.3. The molecule has 0 aromatic rings. The van der Waals surface area contributed by atoms with E-state index in [-0.39, 0.29) is 18.1 Å². The molecule has 0 aromatic carbocycles. The van der Waals surface area contributed by atoms with Crippen molar-refractivity contribution in [3.05, 3.63) is 0 Å². The van der Waals surface area contributed by atoms with Gasteiger partial charge in [0.25, 0.3) is 0 Å². The lowest BCUT2D eigenvalue weighted by atomic mass is 9.92. The number of rotatable bonds is 5. The molecule has 1 amide bonds. The van der Waals surface area contributed by atoms with Crippen molar-refractivity contribution >= 4 is 5.91 Å². The topological polar surface area (TPSA) is 52.6 Å². The number of amides is 1. The van der Waals surface area contributed by atoms with Gasteiger partial charge in [0.15, 0.2) is 0 Å². The number of hydrogen-bond donors (Lipinski definition) is 2. The largest absolute Gasteiger partial charge is 0.392 e. The van der Waals surface area contributed by atoms with Crippen LogP contribution >= 0.6 is 0 Å². The van der Waals surface area contributed by atoms with Crippen LogP contribution in [-0.2, 0) is 4.79 Å². The molecule has 0 bridgehead atoms. The number of nitrogens with one attached hydrogen (secondary N) is 1. The summed E-state index contributed by atoms with van der Waals surface area (Å²) in [7, 11) is 0. The smallest absolute Gasteiger partial charge is 0.236 e. The number of likely N-dealkylation sites (N-methyl/N-ethyl adjacent to an activating group) is 1. The Hall–Kier alpha value is -0.610. The van der Waals surface area contributed by atoms with Crippen LogP contribution in [0.1, 0.15) is 39.5 Å². The van der Waals surface area contributed by atoms with Crippen molar-refractivity contribution in [1.29, 1.82) is 0 Å². The molecule has 4 heteroatoms. The van der Waals surface area contributed by atoms with Gasteiger partial charge in [0.2, 0.25) is 5.91 Å². The second kappa shape index (κ2) is 6.86. The zero-order chi connectivity index (χ0) is 12.0. The fourth-order valence-electron chi connectivity index (χ4n) is 2.26. The first-order valence-corrected chi connectivity index (χ1v) is 6.38. The maximum atomic E-state index is 11.7. The van der Waals surface area contributed by atoms with Crippen LogP contribution in [0, 0.1) is 0 Å². The van der Waals surface area contributed by atoms with E-state index in [1.165, 1.54) is 0 Å². The third-order valence-corrected chi connectivity index (χ3v) is 3.36. The molecule has 1 aliphatic rings. The van der Waals surface area contributed by atoms with Crippen molar-refractivity contribution < 1.29 is 9.90 Å². The minimum Gasteiger partial charge on any atom is -0.392 e. The van der Waals surface area contributed by atoms with Crippen LogP contribution in [0.2, 0.25) is 0 Å². The molecule has 1 aliphatic carbocycles. The average molecular weight is 228 g/mol. The predicted molar refractivity (Wildman–Crippen MR) is 64.2 cm³/mol. The highest BCUT2D eigenvalue weighted by Gasteiger charge is 2.23. The molecule has 1 rings (SSSR count). The molecule has 4 nitrogen and oxygen atoms in total. The molecule has 0 radical (unpaired) electrons. The van der Waals surface area contributed by atoms with Crippen molar-refractivity contribution in [3.63, 3.8) is 0 Å². The van der Waals surface area contributed by atoms with E-state index in [1.807, 2.05) is 18.7 Å². The van der Waals surface area contributed by atoms with Crippen molar-refractivity contribution in [2.45, 2.75) is 51.7 Å². The number of nitrogens with zero attached hydrogens (tertiary/aromatic N) is 1. The van der Waals surface area contributed by atoms with E-state index in [1.54, 1.807) is 0 Å². The number of carbonyl (C=O) groups is 1. The zero-order valence-corrected chi connectivity index (χ0v) is 10.4. The lowest BCUT2D eigenvalue weighted by Gasteiger charge is -2.29. The average Bonchev–Trinajstić information content (AvgIpc) is 2.29. The lowest BCUT2D eigenvalue weighted by Crippen LogP contribution is -2.47. The van der Waals surface area contributed by atoms with Gasteiger partial charge < -0.3 is 15.3 Å². The molecule has 16 heavy (non-hydrogen) atoms. The van der Waals surface area contributed by atoms with Crippen molar-refractivity contribution in [1.82, 2.24) is 10.2 Å². The van der Waals surface area contributed by atoms with Crippen molar-refractivity contribution in [2.24, 2.45) is 0 Å². The molecular weight excluding hydrogens is 204 g/mol. The zero-order valence-electron chi connectivity index (χ0n) is 10.4. The van der Waals surface area contributed by atoms with Crippen molar-refractivity contribution in [3.8, 4) is 0 Å². The maximum Gasteiger partial charge on any atom is 0.236 e. The van der Waals surface area contributed by atoms with Gasteiger partial charge in [-0.3, -0.25) is 4.79 Å². The van der Waals surface area contributed by atoms with Gasteiger partial charge in [-0.1, -0.05) is 12.8 Å². The van der Waals surface area contributed by atoms with Crippen LogP contribution in [-0.4, -0.2) is 47.7 Å². The maximum absolute atomic E-state index is 11.7. The summed E-state index contributed by atoms with van der Waals surface area (Å²) in [6.45, 7) is 5.82. The molecular formula is C12H24N2O2. The standard InChI is InChI=1S/C12H24N2O2/c1-3-14(4-2)12(16)9-13-10-7-5-6-8-11(10)15/h10-11,13,15H,3-9H2,1-2H3. The number of aliphatic hydroxyl groups excluding tert-OH is 1. The molecule has 2 N–H and O–H groups in total. The third kappa shape index (κ3) is 3.76. The van der Waals surface area contributed by atoms with Gasteiger partial charge in [-0.2, -0.15) is 0 Å². The predicted octanol–water partition coefficient (Wildman–Crippen LogP) is 0.748. The van der Waals surface area contributed by atoms with Gasteiger partial charge in [0.05, 0.1) is 12.6 Å². The molecule has 0 saturated heterocycles. The van der Waals surface area contributed by atoms with Gasteiger partial charge in [0, 0.05) is 19.1 Å². The number of carbonyl (C=O) groups excluding carboxylic acids is 1. The van der Waals surface area contributed by atoms with Crippen LogP contribution in [0.15, 0.2) is 0 Å². The normalized spacial score (nSPS) is 25.4. The molecule has 0 heterocycles. The first-order chi connectivity index (χ1) is 7.69. The Morgan fingerprint density at radius 3 is 2.50 bits per heavy atom. The fraction of sp³-hybridized carbons (Fsp3) is 0.917. The Morgan fingerprint density at radius 1 is 1.31 bits per heavy atom. The molecule has 2 atom stereocenters. The Balaban J connectivity index is 2.29. The molecule has 0 spiro atoms. The van der Waals surface area contributed by atoms with Crippen LogP contribution in [0.25, 0.3) is 0 Å². The summed E-state index contributed by atoms with van der Waals surface area (Å²) in [4.78, 5) is 13.5. The summed E-state index contributed by atoms with van der Waals surface area (Å²) >= 11 is 0. The second-order valence-electron chi connectivity index (χ2n) is 4.41. The summed E-state index contributed by atoms with van der Waals surface area (Å²) in [6.07, 6.45) is 3.81. The Labute approximate surface area is 98.0 Å². The van der Waals surface area contributed by atoms with E-state index in [0.717, 1.165) is 38.8 Å². The van der Waals surface area contributed by atoms with Gasteiger partial charge in [0.1, 0.15) is 0 Å². The third-order valence-electron chi connectivity index (χ3n) is 3.36. The van der Waals surface area contributed by atoms with Gasteiger partial charge in [-0.25, -0.2) is 0 Å². The van der Waals surface area contributed by atoms with E-state index in [0.29, 0.717) is 6.54 Å². The Bertz CT molecular complexity index is 217. The number of aliphatic hydroxyl groups is 1. The Kier molecular flexibility index (Phi) is 5.77.